The molecular formula is C15H25N3O. The van der Waals surface area contributed by atoms with Gasteiger partial charge in [0.2, 0.25) is 5.91 Å². The lowest BCUT2D eigenvalue weighted by Gasteiger charge is -2.22. The van der Waals surface area contributed by atoms with E-state index in [9.17, 15) is 4.79 Å². The van der Waals surface area contributed by atoms with Crippen LogP contribution in [0.3, 0.4) is 0 Å². The summed E-state index contributed by atoms with van der Waals surface area (Å²) < 4.78 is 0. The second kappa shape index (κ2) is 7.24. The van der Waals surface area contributed by atoms with Crippen LogP contribution in [-0.4, -0.2) is 23.5 Å². The Kier molecular flexibility index (Phi) is 5.96. The van der Waals surface area contributed by atoms with E-state index >= 15 is 0 Å². The van der Waals surface area contributed by atoms with Gasteiger partial charge in [0.25, 0.3) is 0 Å². The van der Waals surface area contributed by atoms with Crippen molar-refractivity contribution in [2.45, 2.75) is 46.1 Å². The molecule has 0 radical (unpaired) electrons. The van der Waals surface area contributed by atoms with Gasteiger partial charge in [-0.05, 0) is 36.0 Å². The maximum absolute atomic E-state index is 11.7. The topological polar surface area (TPSA) is 68.0 Å². The first kappa shape index (κ1) is 15.6. The summed E-state index contributed by atoms with van der Waals surface area (Å²) >= 11 is 0. The fourth-order valence-corrected chi connectivity index (χ4v) is 2.06. The normalized spacial score (nSPS) is 13.1. The van der Waals surface area contributed by atoms with Crippen LogP contribution in [0.25, 0.3) is 0 Å². The van der Waals surface area contributed by atoms with Gasteiger partial charge in [-0.15, -0.1) is 0 Å². The van der Waals surface area contributed by atoms with Crippen molar-refractivity contribution in [1.82, 2.24) is 10.3 Å². The highest BCUT2D eigenvalue weighted by molar-refractivity contribution is 5.76. The highest BCUT2D eigenvalue weighted by atomic mass is 16.1. The van der Waals surface area contributed by atoms with Crippen molar-refractivity contribution in [1.29, 1.82) is 0 Å². The molecule has 1 atom stereocenters. The first-order valence-electron chi connectivity index (χ1n) is 6.78. The van der Waals surface area contributed by atoms with E-state index in [4.69, 9.17) is 5.73 Å². The molecule has 4 heteroatoms. The quantitative estimate of drug-likeness (QED) is 0.823. The van der Waals surface area contributed by atoms with Crippen LogP contribution < -0.4 is 11.1 Å². The molecule has 0 aliphatic carbocycles. The van der Waals surface area contributed by atoms with E-state index in [2.05, 4.69) is 31.1 Å². The molecule has 0 aliphatic heterocycles. The molecule has 0 saturated carbocycles. The lowest BCUT2D eigenvalue weighted by atomic mass is 9.87. The van der Waals surface area contributed by atoms with Gasteiger partial charge in [0.05, 0.1) is 0 Å². The average molecular weight is 263 g/mol. The standard InChI is InChI=1S/C15H25N3O/c1-15(2,3)11-13(16)10-14(19)18-9-6-12-4-7-17-8-5-12/h4-5,7-8,13H,6,9-11,16H2,1-3H3,(H,18,19). The largest absolute Gasteiger partial charge is 0.356 e. The minimum Gasteiger partial charge on any atom is -0.356 e. The minimum absolute atomic E-state index is 0.0332. The Morgan fingerprint density at radius 3 is 2.58 bits per heavy atom. The van der Waals surface area contributed by atoms with Crippen molar-refractivity contribution in [3.8, 4) is 0 Å². The molecule has 0 bridgehead atoms. The first-order valence-corrected chi connectivity index (χ1v) is 6.78. The number of amides is 1. The van der Waals surface area contributed by atoms with Crippen molar-refractivity contribution < 1.29 is 4.79 Å². The Morgan fingerprint density at radius 2 is 2.00 bits per heavy atom. The molecule has 1 aromatic rings. The van der Waals surface area contributed by atoms with Gasteiger partial charge in [0.15, 0.2) is 0 Å². The van der Waals surface area contributed by atoms with Crippen LogP contribution in [0.4, 0.5) is 0 Å². The van der Waals surface area contributed by atoms with Gasteiger partial charge < -0.3 is 11.1 Å². The molecule has 106 valence electrons. The van der Waals surface area contributed by atoms with E-state index in [1.807, 2.05) is 12.1 Å². The summed E-state index contributed by atoms with van der Waals surface area (Å²) in [6.45, 7) is 7.04. The number of nitrogens with zero attached hydrogens (tertiary/aromatic N) is 1. The fourth-order valence-electron chi connectivity index (χ4n) is 2.06. The molecule has 0 aromatic carbocycles. The number of nitrogens with one attached hydrogen (secondary N) is 1. The van der Waals surface area contributed by atoms with Crippen LogP contribution in [0.5, 0.6) is 0 Å². The summed E-state index contributed by atoms with van der Waals surface area (Å²) in [4.78, 5) is 15.7. The molecule has 4 nitrogen and oxygen atoms in total. The van der Waals surface area contributed by atoms with Crippen LogP contribution in [0, 0.1) is 5.41 Å². The van der Waals surface area contributed by atoms with Gasteiger partial charge >= 0.3 is 0 Å². The molecule has 0 aliphatic rings. The van der Waals surface area contributed by atoms with Gasteiger partial charge in [-0.3, -0.25) is 9.78 Å². The van der Waals surface area contributed by atoms with Gasteiger partial charge in [0.1, 0.15) is 0 Å². The molecular weight excluding hydrogens is 238 g/mol. The SMILES string of the molecule is CC(C)(C)CC(N)CC(=O)NCCc1ccncc1. The smallest absolute Gasteiger partial charge is 0.221 e. The maximum Gasteiger partial charge on any atom is 0.221 e. The van der Waals surface area contributed by atoms with Crippen molar-refractivity contribution in [2.75, 3.05) is 6.54 Å². The summed E-state index contributed by atoms with van der Waals surface area (Å²) in [5, 5.41) is 2.91. The molecule has 19 heavy (non-hydrogen) atoms. The Bertz CT molecular complexity index is 384. The van der Waals surface area contributed by atoms with Crippen LogP contribution in [-0.2, 0) is 11.2 Å². The second-order valence-electron chi connectivity index (χ2n) is 6.18. The number of hydrogen-bond acceptors (Lipinski definition) is 3. The lowest BCUT2D eigenvalue weighted by Crippen LogP contribution is -2.34. The van der Waals surface area contributed by atoms with Crippen LogP contribution in [0.2, 0.25) is 0 Å². The van der Waals surface area contributed by atoms with E-state index in [1.54, 1.807) is 12.4 Å². The second-order valence-corrected chi connectivity index (χ2v) is 6.18. The number of aromatic nitrogens is 1. The van der Waals surface area contributed by atoms with E-state index in [0.29, 0.717) is 13.0 Å². The van der Waals surface area contributed by atoms with E-state index in [1.165, 1.54) is 5.56 Å². The van der Waals surface area contributed by atoms with Crippen molar-refractivity contribution >= 4 is 5.91 Å². The number of pyridine rings is 1. The van der Waals surface area contributed by atoms with Crippen LogP contribution in [0.15, 0.2) is 24.5 Å². The number of hydrogen-bond donors (Lipinski definition) is 2. The number of nitrogens with two attached hydrogens (primary N) is 1. The number of carbonyl (C=O) groups is 1. The summed E-state index contributed by atoms with van der Waals surface area (Å²) in [5.41, 5.74) is 7.31. The highest BCUT2D eigenvalue weighted by Crippen LogP contribution is 2.20. The van der Waals surface area contributed by atoms with Crippen LogP contribution >= 0.6 is 0 Å². The summed E-state index contributed by atoms with van der Waals surface area (Å²) in [6, 6.07) is 3.84. The fraction of sp³-hybridized carbons (Fsp3) is 0.600. The zero-order valence-corrected chi connectivity index (χ0v) is 12.1. The predicted octanol–water partition coefficient (Wildman–Crippen LogP) is 1.89. The Hall–Kier alpha value is -1.42. The maximum atomic E-state index is 11.7. The number of rotatable bonds is 6. The molecule has 1 aromatic heterocycles. The van der Waals surface area contributed by atoms with Crippen LogP contribution in [0.1, 0.15) is 39.2 Å². The van der Waals surface area contributed by atoms with Crippen molar-refractivity contribution in [2.24, 2.45) is 11.1 Å². The predicted molar refractivity (Wildman–Crippen MR) is 77.6 cm³/mol. The van der Waals surface area contributed by atoms with Crippen molar-refractivity contribution in [3.05, 3.63) is 30.1 Å². The van der Waals surface area contributed by atoms with E-state index in [-0.39, 0.29) is 17.4 Å². The third kappa shape index (κ3) is 7.57. The van der Waals surface area contributed by atoms with Crippen molar-refractivity contribution in [3.63, 3.8) is 0 Å². The molecule has 1 heterocycles. The van der Waals surface area contributed by atoms with E-state index in [0.717, 1.165) is 12.8 Å². The van der Waals surface area contributed by atoms with Gasteiger partial charge in [0, 0.05) is 31.4 Å². The van der Waals surface area contributed by atoms with E-state index < -0.39 is 0 Å². The third-order valence-corrected chi connectivity index (χ3v) is 2.81. The molecule has 3 N–H and O–H groups in total. The lowest BCUT2D eigenvalue weighted by molar-refractivity contribution is -0.121. The molecule has 0 saturated heterocycles. The number of carbonyl (C=O) groups excluding carboxylic acids is 1. The average Bonchev–Trinajstić information content (AvgIpc) is 2.27. The summed E-state index contributed by atoms with van der Waals surface area (Å²) in [5.74, 6) is 0.0332. The minimum atomic E-state index is -0.0686. The molecule has 1 rings (SSSR count). The Morgan fingerprint density at radius 1 is 1.37 bits per heavy atom. The summed E-state index contributed by atoms with van der Waals surface area (Å²) in [7, 11) is 0. The molecule has 1 unspecified atom stereocenters. The van der Waals surface area contributed by atoms with Gasteiger partial charge in [-0.1, -0.05) is 20.8 Å². The Balaban J connectivity index is 2.21. The Labute approximate surface area is 115 Å². The molecule has 0 spiro atoms. The molecule has 1 amide bonds. The highest BCUT2D eigenvalue weighted by Gasteiger charge is 2.17. The zero-order chi connectivity index (χ0) is 14.3. The monoisotopic (exact) mass is 263 g/mol. The first-order chi connectivity index (χ1) is 8.87. The zero-order valence-electron chi connectivity index (χ0n) is 12.1. The van der Waals surface area contributed by atoms with Gasteiger partial charge in [-0.2, -0.15) is 0 Å². The summed E-state index contributed by atoms with van der Waals surface area (Å²) in [6.07, 6.45) is 5.59. The third-order valence-electron chi connectivity index (χ3n) is 2.81. The van der Waals surface area contributed by atoms with Gasteiger partial charge in [-0.25, -0.2) is 0 Å². The molecule has 0 fully saturated rings.